The lowest BCUT2D eigenvalue weighted by atomic mass is 10.0. The minimum atomic E-state index is 0.110. The monoisotopic (exact) mass is 339 g/mol. The predicted octanol–water partition coefficient (Wildman–Crippen LogP) is 5.43. The maximum Gasteiger partial charge on any atom is 0.197 e. The van der Waals surface area contributed by atoms with E-state index in [1.165, 1.54) is 11.1 Å². The molecule has 0 spiro atoms. The first-order valence-electron chi connectivity index (χ1n) is 8.90. The van der Waals surface area contributed by atoms with Gasteiger partial charge in [-0.25, -0.2) is 0 Å². The summed E-state index contributed by atoms with van der Waals surface area (Å²) in [7, 11) is 0. The average molecular weight is 339 g/mol. The van der Waals surface area contributed by atoms with Gasteiger partial charge in [0.25, 0.3) is 0 Å². The van der Waals surface area contributed by atoms with Crippen LogP contribution in [0, 0.1) is 0 Å². The second-order valence-corrected chi connectivity index (χ2v) is 6.74. The number of para-hydroxylation sites is 2. The van der Waals surface area contributed by atoms with Crippen molar-refractivity contribution in [2.75, 3.05) is 0 Å². The minimum Gasteiger partial charge on any atom is -0.340 e. The van der Waals surface area contributed by atoms with Gasteiger partial charge in [-0.15, -0.1) is 0 Å². The molecule has 0 atom stereocenters. The highest BCUT2D eigenvalue weighted by atomic mass is 16.1. The zero-order chi connectivity index (χ0) is 18.1. The molecule has 1 aromatic heterocycles. The molecule has 0 bridgehead atoms. The molecule has 4 rings (SSSR count). The Morgan fingerprint density at radius 2 is 1.38 bits per heavy atom. The molecule has 0 unspecified atom stereocenters. The number of nitrogens with zero attached hydrogens (tertiary/aromatic N) is 1. The molecule has 0 saturated heterocycles. The zero-order valence-electron chi connectivity index (χ0n) is 14.9. The van der Waals surface area contributed by atoms with Crippen LogP contribution in [0.2, 0.25) is 0 Å². The van der Waals surface area contributed by atoms with Crippen molar-refractivity contribution >= 4 is 27.4 Å². The second-order valence-electron chi connectivity index (χ2n) is 6.74. The summed E-state index contributed by atoms with van der Waals surface area (Å²) in [6.07, 6.45) is 0.910. The molecule has 0 fully saturated rings. The van der Waals surface area contributed by atoms with Crippen molar-refractivity contribution in [2.45, 2.75) is 19.9 Å². The molecular weight excluding hydrogens is 318 g/mol. The Hall–Kier alpha value is -3.13. The lowest BCUT2D eigenvalue weighted by Gasteiger charge is -2.15. The highest BCUT2D eigenvalue weighted by Crippen LogP contribution is 2.20. The van der Waals surface area contributed by atoms with Crippen LogP contribution in [0.4, 0.5) is 0 Å². The van der Waals surface area contributed by atoms with Crippen LogP contribution >= 0.6 is 0 Å². The summed E-state index contributed by atoms with van der Waals surface area (Å²) >= 11 is 0. The van der Waals surface area contributed by atoms with Crippen molar-refractivity contribution in [1.29, 1.82) is 0 Å². The normalized spacial score (nSPS) is 11.1. The van der Waals surface area contributed by atoms with E-state index in [0.29, 0.717) is 0 Å². The van der Waals surface area contributed by atoms with Gasteiger partial charge in [-0.2, -0.15) is 0 Å². The van der Waals surface area contributed by atoms with Gasteiger partial charge in [0.15, 0.2) is 5.43 Å². The fourth-order valence-corrected chi connectivity index (χ4v) is 3.51. The van der Waals surface area contributed by atoms with Crippen molar-refractivity contribution < 1.29 is 0 Å². The van der Waals surface area contributed by atoms with Crippen molar-refractivity contribution in [3.8, 4) is 0 Å². The molecule has 0 amide bonds. The molecule has 0 aliphatic carbocycles. The van der Waals surface area contributed by atoms with Crippen LogP contribution in [0.1, 0.15) is 18.1 Å². The molecule has 4 aromatic rings. The van der Waals surface area contributed by atoms with E-state index in [4.69, 9.17) is 0 Å². The van der Waals surface area contributed by atoms with Crippen LogP contribution in [0.25, 0.3) is 27.4 Å². The highest BCUT2D eigenvalue weighted by Gasteiger charge is 2.10. The van der Waals surface area contributed by atoms with Gasteiger partial charge in [-0.05, 0) is 48.7 Å². The number of rotatable bonds is 4. The topological polar surface area (TPSA) is 22.0 Å². The van der Waals surface area contributed by atoms with E-state index in [0.717, 1.165) is 40.3 Å². The van der Waals surface area contributed by atoms with E-state index in [1.807, 2.05) is 55.5 Å². The fraction of sp³-hybridized carbons (Fsp3) is 0.125. The van der Waals surface area contributed by atoms with E-state index < -0.39 is 0 Å². The zero-order valence-corrected chi connectivity index (χ0v) is 14.9. The number of fused-ring (bicyclic) bond motifs is 2. The largest absolute Gasteiger partial charge is 0.340 e. The second kappa shape index (κ2) is 6.64. The van der Waals surface area contributed by atoms with Crippen LogP contribution in [-0.2, 0) is 13.0 Å². The van der Waals surface area contributed by atoms with Crippen molar-refractivity contribution in [1.82, 2.24) is 4.57 Å². The number of pyridine rings is 1. The highest BCUT2D eigenvalue weighted by molar-refractivity contribution is 5.93. The molecule has 26 heavy (non-hydrogen) atoms. The molecule has 0 N–H and O–H groups in total. The molecule has 3 aromatic carbocycles. The Kier molecular flexibility index (Phi) is 4.18. The Labute approximate surface area is 153 Å². The number of benzene rings is 3. The number of hydrogen-bond acceptors (Lipinski definition) is 1. The lowest BCUT2D eigenvalue weighted by molar-refractivity contribution is 0.741. The Morgan fingerprint density at radius 3 is 1.92 bits per heavy atom. The smallest absolute Gasteiger partial charge is 0.197 e. The lowest BCUT2D eigenvalue weighted by Crippen LogP contribution is -2.12. The summed E-state index contributed by atoms with van der Waals surface area (Å²) in [5, 5.41) is 1.56. The van der Waals surface area contributed by atoms with Crippen LogP contribution < -0.4 is 5.43 Å². The minimum absolute atomic E-state index is 0.110. The predicted molar refractivity (Wildman–Crippen MR) is 111 cm³/mol. The van der Waals surface area contributed by atoms with E-state index in [-0.39, 0.29) is 5.43 Å². The maximum atomic E-state index is 12.8. The summed E-state index contributed by atoms with van der Waals surface area (Å²) in [6, 6.07) is 24.3. The first-order chi connectivity index (χ1) is 12.6. The fourth-order valence-electron chi connectivity index (χ4n) is 3.51. The van der Waals surface area contributed by atoms with E-state index in [9.17, 15) is 4.79 Å². The summed E-state index contributed by atoms with van der Waals surface area (Å²) < 4.78 is 2.26. The summed E-state index contributed by atoms with van der Waals surface area (Å²) in [6.45, 7) is 6.84. The van der Waals surface area contributed by atoms with Gasteiger partial charge in [0.1, 0.15) is 0 Å². The Bertz CT molecular complexity index is 1110. The van der Waals surface area contributed by atoms with Gasteiger partial charge in [0.05, 0.1) is 11.0 Å². The van der Waals surface area contributed by atoms with Gasteiger partial charge in [-0.3, -0.25) is 4.79 Å². The quantitative estimate of drug-likeness (QED) is 0.454. The van der Waals surface area contributed by atoms with Gasteiger partial charge in [0.2, 0.25) is 0 Å². The van der Waals surface area contributed by atoms with Crippen LogP contribution in [0.3, 0.4) is 0 Å². The number of hydrogen-bond donors (Lipinski definition) is 0. The van der Waals surface area contributed by atoms with Crippen LogP contribution in [-0.4, -0.2) is 4.57 Å². The molecule has 128 valence electrons. The van der Waals surface area contributed by atoms with E-state index >= 15 is 0 Å². The van der Waals surface area contributed by atoms with E-state index in [1.54, 1.807) is 0 Å². The first kappa shape index (κ1) is 16.3. The van der Waals surface area contributed by atoms with Crippen molar-refractivity contribution in [3.05, 3.63) is 101 Å². The maximum absolute atomic E-state index is 12.8. The third kappa shape index (κ3) is 2.84. The third-order valence-electron chi connectivity index (χ3n) is 4.95. The van der Waals surface area contributed by atoms with Crippen LogP contribution in [0.15, 0.2) is 84.2 Å². The van der Waals surface area contributed by atoms with Crippen molar-refractivity contribution in [2.24, 2.45) is 0 Å². The number of aryl methyl sites for hydroxylation is 2. The summed E-state index contributed by atoms with van der Waals surface area (Å²) in [5.41, 5.74) is 5.63. The SMILES string of the molecule is C=C(C)c1ccc(CCn2c3ccccc3c(=O)c3ccccc32)cc1. The average Bonchev–Trinajstić information content (AvgIpc) is 2.68. The van der Waals surface area contributed by atoms with Gasteiger partial charge in [0, 0.05) is 17.3 Å². The molecule has 0 aliphatic heterocycles. The third-order valence-corrected chi connectivity index (χ3v) is 4.95. The molecule has 0 aliphatic rings. The molecule has 2 heteroatoms. The van der Waals surface area contributed by atoms with Gasteiger partial charge >= 0.3 is 0 Å². The molecule has 2 nitrogen and oxygen atoms in total. The molecular formula is C24H21NO. The van der Waals surface area contributed by atoms with Gasteiger partial charge < -0.3 is 4.57 Å². The van der Waals surface area contributed by atoms with Crippen molar-refractivity contribution in [3.63, 3.8) is 0 Å². The van der Waals surface area contributed by atoms with Crippen LogP contribution in [0.5, 0.6) is 0 Å². The Balaban J connectivity index is 1.78. The van der Waals surface area contributed by atoms with E-state index in [2.05, 4.69) is 35.4 Å². The first-order valence-corrected chi connectivity index (χ1v) is 8.90. The standard InChI is InChI=1S/C24H21NO/c1-17(2)19-13-11-18(12-14-19)15-16-25-22-9-5-3-7-20(22)24(26)21-8-4-6-10-23(21)25/h3-14H,1,15-16H2,2H3. The Morgan fingerprint density at radius 1 is 0.846 bits per heavy atom. The van der Waals surface area contributed by atoms with Gasteiger partial charge in [-0.1, -0.05) is 60.7 Å². The molecule has 0 saturated carbocycles. The number of allylic oxidation sites excluding steroid dienone is 1. The summed E-state index contributed by atoms with van der Waals surface area (Å²) in [5.74, 6) is 0. The number of aromatic nitrogens is 1. The molecule has 1 heterocycles. The molecule has 0 radical (unpaired) electrons. The summed E-state index contributed by atoms with van der Waals surface area (Å²) in [4.78, 5) is 12.8.